The molecule has 0 fully saturated rings. The molecule has 0 spiro atoms. The highest BCUT2D eigenvalue weighted by atomic mass is 16.2. The van der Waals surface area contributed by atoms with Crippen LogP contribution in [0.15, 0.2) is 43.0 Å². The van der Waals surface area contributed by atoms with E-state index in [2.05, 4.69) is 50.8 Å². The van der Waals surface area contributed by atoms with Gasteiger partial charge in [0.15, 0.2) is 0 Å². The number of carbonyl (C=O) groups excluding carboxylic acids is 1. The number of hydrogen-bond donors (Lipinski definition) is 0. The molecule has 1 unspecified atom stereocenters. The van der Waals surface area contributed by atoms with Gasteiger partial charge in [0, 0.05) is 13.1 Å². The minimum atomic E-state index is 0.0659. The first-order chi connectivity index (χ1) is 10.2. The smallest absolute Gasteiger partial charge is 0.245 e. The van der Waals surface area contributed by atoms with E-state index < -0.39 is 0 Å². The molecule has 1 aromatic rings. The molecule has 116 valence electrons. The fraction of sp³-hybridized carbons (Fsp3) is 0.526. The standard InChI is InChI=1S/C19H29NO/c1-4-7-15-20(19(21)6-3)16-11-14-17(5-2)18-12-9-8-10-13-18/h6,8-10,12-13,17H,3-5,7,11,14-16H2,1-2H3. The number of carbonyl (C=O) groups is 1. The van der Waals surface area contributed by atoms with Crippen molar-refractivity contribution in [2.45, 2.75) is 51.9 Å². The summed E-state index contributed by atoms with van der Waals surface area (Å²) in [5.74, 6) is 0.661. The fourth-order valence-electron chi connectivity index (χ4n) is 2.67. The second kappa shape index (κ2) is 10.2. The topological polar surface area (TPSA) is 20.3 Å². The number of amides is 1. The van der Waals surface area contributed by atoms with Gasteiger partial charge in [-0.3, -0.25) is 4.79 Å². The van der Waals surface area contributed by atoms with Crippen molar-refractivity contribution in [2.24, 2.45) is 0 Å². The van der Waals surface area contributed by atoms with E-state index in [-0.39, 0.29) is 5.91 Å². The molecule has 0 radical (unpaired) electrons. The Balaban J connectivity index is 2.47. The van der Waals surface area contributed by atoms with Gasteiger partial charge in [0.05, 0.1) is 0 Å². The molecule has 0 saturated carbocycles. The van der Waals surface area contributed by atoms with Gasteiger partial charge in [0.2, 0.25) is 5.91 Å². The zero-order chi connectivity index (χ0) is 15.5. The van der Waals surface area contributed by atoms with Crippen molar-refractivity contribution in [2.75, 3.05) is 13.1 Å². The van der Waals surface area contributed by atoms with Crippen LogP contribution in [-0.4, -0.2) is 23.9 Å². The lowest BCUT2D eigenvalue weighted by Gasteiger charge is -2.22. The Morgan fingerprint density at radius 1 is 1.19 bits per heavy atom. The average Bonchev–Trinajstić information content (AvgIpc) is 2.54. The van der Waals surface area contributed by atoms with Crippen LogP contribution < -0.4 is 0 Å². The fourth-order valence-corrected chi connectivity index (χ4v) is 2.67. The molecule has 1 rings (SSSR count). The quantitative estimate of drug-likeness (QED) is 0.567. The summed E-state index contributed by atoms with van der Waals surface area (Å²) in [6.07, 6.45) is 6.95. The van der Waals surface area contributed by atoms with Crippen LogP contribution in [0.5, 0.6) is 0 Å². The highest BCUT2D eigenvalue weighted by Gasteiger charge is 2.12. The molecule has 0 saturated heterocycles. The monoisotopic (exact) mass is 287 g/mol. The van der Waals surface area contributed by atoms with Gasteiger partial charge >= 0.3 is 0 Å². The molecule has 0 aromatic heterocycles. The van der Waals surface area contributed by atoms with Crippen LogP contribution in [0.25, 0.3) is 0 Å². The first-order valence-corrected chi connectivity index (χ1v) is 8.19. The van der Waals surface area contributed by atoms with Crippen molar-refractivity contribution >= 4 is 5.91 Å². The molecule has 0 aliphatic carbocycles. The second-order valence-electron chi connectivity index (χ2n) is 5.54. The van der Waals surface area contributed by atoms with Gasteiger partial charge in [-0.15, -0.1) is 0 Å². The summed E-state index contributed by atoms with van der Waals surface area (Å²) >= 11 is 0. The molecule has 2 heteroatoms. The van der Waals surface area contributed by atoms with Crippen molar-refractivity contribution in [1.29, 1.82) is 0 Å². The molecule has 21 heavy (non-hydrogen) atoms. The van der Waals surface area contributed by atoms with Crippen molar-refractivity contribution in [3.63, 3.8) is 0 Å². The largest absolute Gasteiger partial charge is 0.339 e. The maximum absolute atomic E-state index is 11.8. The SMILES string of the molecule is C=CC(=O)N(CCCC)CCCC(CC)c1ccccc1. The highest BCUT2D eigenvalue weighted by Crippen LogP contribution is 2.24. The summed E-state index contributed by atoms with van der Waals surface area (Å²) in [5, 5.41) is 0. The van der Waals surface area contributed by atoms with E-state index in [4.69, 9.17) is 0 Å². The lowest BCUT2D eigenvalue weighted by atomic mass is 9.92. The van der Waals surface area contributed by atoms with E-state index in [1.807, 2.05) is 4.90 Å². The van der Waals surface area contributed by atoms with Crippen LogP contribution in [0.2, 0.25) is 0 Å². The molecule has 0 aliphatic rings. The third-order valence-electron chi connectivity index (χ3n) is 4.01. The number of rotatable bonds is 10. The molecular formula is C19H29NO. The molecule has 2 nitrogen and oxygen atoms in total. The molecule has 0 aliphatic heterocycles. The Labute approximate surface area is 129 Å². The normalized spacial score (nSPS) is 11.9. The maximum atomic E-state index is 11.8. The van der Waals surface area contributed by atoms with E-state index in [0.717, 1.165) is 45.2 Å². The zero-order valence-electron chi connectivity index (χ0n) is 13.6. The summed E-state index contributed by atoms with van der Waals surface area (Å²) in [6.45, 7) is 9.69. The van der Waals surface area contributed by atoms with Crippen molar-refractivity contribution < 1.29 is 4.79 Å². The predicted octanol–water partition coefficient (Wildman–Crippen LogP) is 4.78. The van der Waals surface area contributed by atoms with Gasteiger partial charge in [-0.25, -0.2) is 0 Å². The maximum Gasteiger partial charge on any atom is 0.245 e. The second-order valence-corrected chi connectivity index (χ2v) is 5.54. The summed E-state index contributed by atoms with van der Waals surface area (Å²) < 4.78 is 0. The van der Waals surface area contributed by atoms with Crippen LogP contribution in [0.1, 0.15) is 57.4 Å². The Bertz CT molecular complexity index is 413. The summed E-state index contributed by atoms with van der Waals surface area (Å²) in [6, 6.07) is 10.7. The van der Waals surface area contributed by atoms with Crippen LogP contribution >= 0.6 is 0 Å². The van der Waals surface area contributed by atoms with Crippen LogP contribution in [0.3, 0.4) is 0 Å². The predicted molar refractivity (Wildman–Crippen MR) is 90.4 cm³/mol. The zero-order valence-corrected chi connectivity index (χ0v) is 13.6. The van der Waals surface area contributed by atoms with E-state index in [9.17, 15) is 4.79 Å². The first-order valence-electron chi connectivity index (χ1n) is 8.19. The number of unbranched alkanes of at least 4 members (excludes halogenated alkanes) is 1. The average molecular weight is 287 g/mol. The van der Waals surface area contributed by atoms with Crippen LogP contribution in [0.4, 0.5) is 0 Å². The summed E-state index contributed by atoms with van der Waals surface area (Å²) in [5.41, 5.74) is 1.41. The minimum absolute atomic E-state index is 0.0659. The lowest BCUT2D eigenvalue weighted by molar-refractivity contribution is -0.126. The third kappa shape index (κ3) is 6.16. The Kier molecular flexibility index (Phi) is 8.49. The van der Waals surface area contributed by atoms with Gasteiger partial charge in [0.1, 0.15) is 0 Å². The molecule has 0 heterocycles. The van der Waals surface area contributed by atoms with Gasteiger partial charge in [0.25, 0.3) is 0 Å². The Hall–Kier alpha value is -1.57. The highest BCUT2D eigenvalue weighted by molar-refractivity contribution is 5.86. The minimum Gasteiger partial charge on any atom is -0.339 e. The Morgan fingerprint density at radius 3 is 2.43 bits per heavy atom. The number of benzene rings is 1. The van der Waals surface area contributed by atoms with Gasteiger partial charge < -0.3 is 4.90 Å². The van der Waals surface area contributed by atoms with Crippen molar-refractivity contribution in [3.05, 3.63) is 48.6 Å². The Morgan fingerprint density at radius 2 is 1.86 bits per heavy atom. The van der Waals surface area contributed by atoms with Gasteiger partial charge in [-0.05, 0) is 43.2 Å². The van der Waals surface area contributed by atoms with Crippen molar-refractivity contribution in [1.82, 2.24) is 4.90 Å². The van der Waals surface area contributed by atoms with Crippen molar-refractivity contribution in [3.8, 4) is 0 Å². The molecule has 0 bridgehead atoms. The summed E-state index contributed by atoms with van der Waals surface area (Å²) in [4.78, 5) is 13.8. The van der Waals surface area contributed by atoms with E-state index in [1.54, 1.807) is 0 Å². The van der Waals surface area contributed by atoms with E-state index in [0.29, 0.717) is 5.92 Å². The van der Waals surface area contributed by atoms with E-state index in [1.165, 1.54) is 11.6 Å². The van der Waals surface area contributed by atoms with Gasteiger partial charge in [-0.2, -0.15) is 0 Å². The number of hydrogen-bond acceptors (Lipinski definition) is 1. The number of nitrogens with zero attached hydrogens (tertiary/aromatic N) is 1. The van der Waals surface area contributed by atoms with E-state index >= 15 is 0 Å². The van der Waals surface area contributed by atoms with Gasteiger partial charge in [-0.1, -0.05) is 57.2 Å². The molecule has 0 N–H and O–H groups in total. The summed E-state index contributed by atoms with van der Waals surface area (Å²) in [7, 11) is 0. The van der Waals surface area contributed by atoms with Crippen LogP contribution in [-0.2, 0) is 4.79 Å². The third-order valence-corrected chi connectivity index (χ3v) is 4.01. The molecule has 1 amide bonds. The first kappa shape index (κ1) is 17.5. The lowest BCUT2D eigenvalue weighted by Crippen LogP contribution is -2.31. The molecule has 1 atom stereocenters. The molecule has 1 aromatic carbocycles. The van der Waals surface area contributed by atoms with Crippen LogP contribution in [0, 0.1) is 0 Å². The molecular weight excluding hydrogens is 258 g/mol.